The van der Waals surface area contributed by atoms with Gasteiger partial charge < -0.3 is 9.84 Å². The maximum atomic E-state index is 13.3. The molecule has 2 unspecified atom stereocenters. The van der Waals surface area contributed by atoms with Crippen LogP contribution in [0.15, 0.2) is 24.3 Å². The lowest BCUT2D eigenvalue weighted by Crippen LogP contribution is -2.35. The van der Waals surface area contributed by atoms with Gasteiger partial charge in [0.1, 0.15) is 5.82 Å². The Morgan fingerprint density at radius 1 is 1.45 bits per heavy atom. The van der Waals surface area contributed by atoms with Crippen LogP contribution < -0.4 is 0 Å². The second-order valence-electron chi connectivity index (χ2n) is 5.74. The van der Waals surface area contributed by atoms with E-state index >= 15 is 0 Å². The fourth-order valence-electron chi connectivity index (χ4n) is 2.76. The van der Waals surface area contributed by atoms with E-state index < -0.39 is 6.10 Å². The molecule has 1 saturated heterocycles. The van der Waals surface area contributed by atoms with Gasteiger partial charge in [-0.3, -0.25) is 4.90 Å². The van der Waals surface area contributed by atoms with E-state index in [1.54, 1.807) is 12.1 Å². The third-order valence-corrected chi connectivity index (χ3v) is 3.66. The van der Waals surface area contributed by atoms with Crippen LogP contribution in [0.4, 0.5) is 4.39 Å². The molecule has 0 spiro atoms. The maximum absolute atomic E-state index is 13.3. The largest absolute Gasteiger partial charge is 0.389 e. The minimum atomic E-state index is -0.494. The van der Waals surface area contributed by atoms with Crippen molar-refractivity contribution in [3.8, 4) is 0 Å². The molecule has 0 amide bonds. The molecule has 1 heterocycles. The fraction of sp³-hybridized carbons (Fsp3) is 0.625. The smallest absolute Gasteiger partial charge is 0.123 e. The van der Waals surface area contributed by atoms with Crippen molar-refractivity contribution < 1.29 is 14.2 Å². The van der Waals surface area contributed by atoms with E-state index in [0.717, 1.165) is 24.9 Å². The molecule has 4 heteroatoms. The molecule has 3 nitrogen and oxygen atoms in total. The van der Waals surface area contributed by atoms with E-state index in [4.69, 9.17) is 4.74 Å². The van der Waals surface area contributed by atoms with Crippen molar-refractivity contribution in [1.29, 1.82) is 0 Å². The molecular weight excluding hydrogens is 257 g/mol. The molecule has 1 aliphatic heterocycles. The lowest BCUT2D eigenvalue weighted by Gasteiger charge is -2.27. The van der Waals surface area contributed by atoms with Gasteiger partial charge >= 0.3 is 0 Å². The highest BCUT2D eigenvalue weighted by Gasteiger charge is 2.27. The zero-order valence-electron chi connectivity index (χ0n) is 12.3. The van der Waals surface area contributed by atoms with Crippen molar-refractivity contribution >= 4 is 0 Å². The molecule has 0 bridgehead atoms. The van der Waals surface area contributed by atoms with E-state index in [1.165, 1.54) is 6.07 Å². The highest BCUT2D eigenvalue weighted by atomic mass is 19.1. The minimum absolute atomic E-state index is 0.127. The van der Waals surface area contributed by atoms with E-state index in [9.17, 15) is 9.50 Å². The normalized spacial score (nSPS) is 21.6. The molecule has 20 heavy (non-hydrogen) atoms. The molecular formula is C16H24FNO2. The summed E-state index contributed by atoms with van der Waals surface area (Å²) in [6.07, 6.45) is 1.73. The van der Waals surface area contributed by atoms with Crippen molar-refractivity contribution in [2.75, 3.05) is 19.7 Å². The first-order valence-corrected chi connectivity index (χ1v) is 7.35. The Labute approximate surface area is 120 Å². The first kappa shape index (κ1) is 15.4. The third-order valence-electron chi connectivity index (χ3n) is 3.66. The fourth-order valence-corrected chi connectivity index (χ4v) is 2.76. The summed E-state index contributed by atoms with van der Waals surface area (Å²) >= 11 is 0. The zero-order valence-corrected chi connectivity index (χ0v) is 12.3. The molecule has 0 aromatic heterocycles. The molecule has 0 aliphatic carbocycles. The quantitative estimate of drug-likeness (QED) is 0.870. The zero-order chi connectivity index (χ0) is 14.5. The third kappa shape index (κ3) is 4.27. The monoisotopic (exact) mass is 281 g/mol. The number of hydrogen-bond donors (Lipinski definition) is 1. The topological polar surface area (TPSA) is 32.7 Å². The molecule has 1 aromatic rings. The number of ether oxygens (including phenoxy) is 1. The highest BCUT2D eigenvalue weighted by molar-refractivity contribution is 5.21. The minimum Gasteiger partial charge on any atom is -0.389 e. The van der Waals surface area contributed by atoms with E-state index in [0.29, 0.717) is 13.2 Å². The van der Waals surface area contributed by atoms with Crippen LogP contribution in [0.1, 0.15) is 38.3 Å². The molecule has 0 saturated carbocycles. The molecule has 1 aromatic carbocycles. The van der Waals surface area contributed by atoms with Gasteiger partial charge in [0.05, 0.1) is 18.8 Å². The van der Waals surface area contributed by atoms with Gasteiger partial charge in [0, 0.05) is 12.6 Å². The van der Waals surface area contributed by atoms with Gasteiger partial charge in [-0.25, -0.2) is 4.39 Å². The number of halogens is 1. The molecule has 1 N–H and O–H groups in total. The Balaban J connectivity index is 1.94. The average Bonchev–Trinajstić information content (AvgIpc) is 2.84. The molecule has 112 valence electrons. The van der Waals surface area contributed by atoms with Crippen LogP contribution in [0.5, 0.6) is 0 Å². The van der Waals surface area contributed by atoms with Gasteiger partial charge in [-0.15, -0.1) is 0 Å². The Bertz CT molecular complexity index is 425. The summed E-state index contributed by atoms with van der Waals surface area (Å²) in [5.74, 6) is -0.196. The number of aliphatic hydroxyl groups excluding tert-OH is 1. The van der Waals surface area contributed by atoms with Gasteiger partial charge in [0.2, 0.25) is 0 Å². The average molecular weight is 281 g/mol. The Kier molecular flexibility index (Phi) is 5.52. The molecule has 1 aliphatic rings. The van der Waals surface area contributed by atoms with Gasteiger partial charge in [0.25, 0.3) is 0 Å². The van der Waals surface area contributed by atoms with Crippen LogP contribution in [0.25, 0.3) is 0 Å². The van der Waals surface area contributed by atoms with Crippen LogP contribution in [-0.2, 0) is 4.74 Å². The van der Waals surface area contributed by atoms with E-state index in [-0.39, 0.29) is 18.0 Å². The predicted molar refractivity (Wildman–Crippen MR) is 77.0 cm³/mol. The van der Waals surface area contributed by atoms with Gasteiger partial charge in [-0.1, -0.05) is 12.1 Å². The molecule has 1 fully saturated rings. The Morgan fingerprint density at radius 3 is 2.95 bits per heavy atom. The van der Waals surface area contributed by atoms with Crippen molar-refractivity contribution in [3.63, 3.8) is 0 Å². The Morgan fingerprint density at radius 2 is 2.25 bits per heavy atom. The highest BCUT2D eigenvalue weighted by Crippen LogP contribution is 2.32. The first-order valence-electron chi connectivity index (χ1n) is 7.35. The second-order valence-corrected chi connectivity index (χ2v) is 5.74. The number of benzene rings is 1. The summed E-state index contributed by atoms with van der Waals surface area (Å²) in [5, 5.41) is 10.0. The summed E-state index contributed by atoms with van der Waals surface area (Å²) in [6, 6.07) is 6.98. The summed E-state index contributed by atoms with van der Waals surface area (Å²) in [5.41, 5.74) is 1.000. The maximum Gasteiger partial charge on any atom is 0.123 e. The van der Waals surface area contributed by atoms with Gasteiger partial charge in [-0.2, -0.15) is 0 Å². The van der Waals surface area contributed by atoms with Crippen LogP contribution in [0.3, 0.4) is 0 Å². The van der Waals surface area contributed by atoms with Crippen molar-refractivity contribution in [2.24, 2.45) is 0 Å². The summed E-state index contributed by atoms with van der Waals surface area (Å²) in [7, 11) is 0. The van der Waals surface area contributed by atoms with Crippen molar-refractivity contribution in [1.82, 2.24) is 4.90 Å². The van der Waals surface area contributed by atoms with Crippen LogP contribution in [0.2, 0.25) is 0 Å². The number of nitrogens with zero attached hydrogens (tertiary/aromatic N) is 1. The summed E-state index contributed by atoms with van der Waals surface area (Å²) in [6.45, 7) is 5.79. The van der Waals surface area contributed by atoms with Crippen LogP contribution >= 0.6 is 0 Å². The van der Waals surface area contributed by atoms with Gasteiger partial charge in [-0.05, 0) is 50.9 Å². The Hall–Kier alpha value is -0.970. The standard InChI is InChI=1S/C16H24FNO2/c1-12(2)20-11-15(19)10-18-8-4-7-16(18)13-5-3-6-14(17)9-13/h3,5-6,9,12,15-16,19H,4,7-8,10-11H2,1-2H3. The second kappa shape index (κ2) is 7.16. The summed E-state index contributed by atoms with van der Waals surface area (Å²) < 4.78 is 18.8. The molecule has 2 rings (SSSR count). The van der Waals surface area contributed by atoms with E-state index in [1.807, 2.05) is 19.9 Å². The van der Waals surface area contributed by atoms with Crippen LogP contribution in [0, 0.1) is 5.82 Å². The van der Waals surface area contributed by atoms with Crippen LogP contribution in [-0.4, -0.2) is 41.9 Å². The lowest BCUT2D eigenvalue weighted by atomic mass is 10.0. The first-order chi connectivity index (χ1) is 9.56. The SMILES string of the molecule is CC(C)OCC(O)CN1CCCC1c1cccc(F)c1. The number of β-amino-alcohol motifs (C(OH)–C–C–N with tert-alkyl or cyclic N) is 1. The van der Waals surface area contributed by atoms with Gasteiger partial charge in [0.15, 0.2) is 0 Å². The number of likely N-dealkylation sites (tertiary alicyclic amines) is 1. The molecule has 2 atom stereocenters. The molecule has 0 radical (unpaired) electrons. The van der Waals surface area contributed by atoms with Crippen molar-refractivity contribution in [2.45, 2.75) is 44.9 Å². The lowest BCUT2D eigenvalue weighted by molar-refractivity contribution is -0.0101. The number of rotatable bonds is 6. The van der Waals surface area contributed by atoms with Crippen molar-refractivity contribution in [3.05, 3.63) is 35.6 Å². The number of hydrogen-bond acceptors (Lipinski definition) is 3. The summed E-state index contributed by atoms with van der Waals surface area (Å²) in [4.78, 5) is 2.23. The van der Waals surface area contributed by atoms with E-state index in [2.05, 4.69) is 4.90 Å². The number of aliphatic hydroxyl groups is 1. The predicted octanol–water partition coefficient (Wildman–Crippen LogP) is 2.75.